The second-order valence-electron chi connectivity index (χ2n) is 6.56. The molecule has 0 saturated carbocycles. The molecule has 0 radical (unpaired) electrons. The van der Waals surface area contributed by atoms with Crippen LogP contribution in [0.1, 0.15) is 16.7 Å². The van der Waals surface area contributed by atoms with Gasteiger partial charge in [0, 0.05) is 22.2 Å². The van der Waals surface area contributed by atoms with Crippen LogP contribution in [0.4, 0.5) is 5.69 Å². The molecule has 0 saturated heterocycles. The van der Waals surface area contributed by atoms with Gasteiger partial charge in [-0.3, -0.25) is 4.79 Å². The maximum absolute atomic E-state index is 12.7. The molecule has 1 N–H and O–H groups in total. The van der Waals surface area contributed by atoms with Gasteiger partial charge in [-0.15, -0.1) is 0 Å². The van der Waals surface area contributed by atoms with E-state index in [-0.39, 0.29) is 0 Å². The number of carbonyl (C=O) groups is 2. The van der Waals surface area contributed by atoms with Gasteiger partial charge in [-0.2, -0.15) is 0 Å². The molecule has 0 aliphatic carbocycles. The number of ether oxygens (including phenoxy) is 1. The fraction of sp³-hybridized carbons (Fsp3) is 0.0417. The van der Waals surface area contributed by atoms with Gasteiger partial charge in [-0.25, -0.2) is 9.79 Å². The average Bonchev–Trinajstić information content (AvgIpc) is 2.90. The summed E-state index contributed by atoms with van der Waals surface area (Å²) in [5.41, 5.74) is 3.33. The van der Waals surface area contributed by atoms with E-state index in [1.54, 1.807) is 24.3 Å². The average molecular weight is 417 g/mol. The van der Waals surface area contributed by atoms with Crippen molar-refractivity contribution >= 4 is 41.0 Å². The van der Waals surface area contributed by atoms with E-state index in [0.29, 0.717) is 22.0 Å². The predicted molar refractivity (Wildman–Crippen MR) is 118 cm³/mol. The van der Waals surface area contributed by atoms with E-state index in [1.807, 2.05) is 60.7 Å². The Balaban J connectivity index is 1.66. The number of anilines is 1. The van der Waals surface area contributed by atoms with Crippen molar-refractivity contribution in [2.24, 2.45) is 4.99 Å². The lowest BCUT2D eigenvalue weighted by atomic mass is 10.0. The topological polar surface area (TPSA) is 67.8 Å². The minimum Gasteiger partial charge on any atom is -0.427 e. The maximum Gasteiger partial charge on any atom is 0.333 e. The molecule has 1 aliphatic rings. The summed E-state index contributed by atoms with van der Waals surface area (Å²) >= 11 is 6.18. The molecule has 4 rings (SSSR count). The van der Waals surface area contributed by atoms with Crippen LogP contribution >= 0.6 is 11.6 Å². The molecule has 1 heterocycles. The molecule has 0 spiro atoms. The minimum atomic E-state index is -1.33. The Labute approximate surface area is 178 Å². The molecule has 1 aliphatic heterocycles. The number of carbonyl (C=O) groups excluding carboxylic acids is 2. The second-order valence-corrected chi connectivity index (χ2v) is 6.99. The highest BCUT2D eigenvalue weighted by Crippen LogP contribution is 2.27. The smallest absolute Gasteiger partial charge is 0.333 e. The van der Waals surface area contributed by atoms with Crippen LogP contribution in [0.2, 0.25) is 5.02 Å². The fourth-order valence-corrected chi connectivity index (χ4v) is 3.22. The van der Waals surface area contributed by atoms with Crippen molar-refractivity contribution in [3.8, 4) is 0 Å². The third-order valence-corrected chi connectivity index (χ3v) is 4.69. The number of benzodiazepines with no additional fused rings is 1. The van der Waals surface area contributed by atoms with Crippen molar-refractivity contribution in [2.45, 2.75) is 6.23 Å². The third-order valence-electron chi connectivity index (χ3n) is 4.45. The van der Waals surface area contributed by atoms with Gasteiger partial charge in [-0.1, -0.05) is 72.3 Å². The molecule has 30 heavy (non-hydrogen) atoms. The quantitative estimate of drug-likeness (QED) is 0.494. The summed E-state index contributed by atoms with van der Waals surface area (Å²) < 4.78 is 5.36. The Bertz CT molecular complexity index is 1140. The number of hydrogen-bond acceptors (Lipinski definition) is 4. The number of amides is 1. The van der Waals surface area contributed by atoms with Crippen LogP contribution in [-0.2, 0) is 14.3 Å². The number of nitrogens with one attached hydrogen (secondary N) is 1. The van der Waals surface area contributed by atoms with E-state index in [1.165, 1.54) is 6.08 Å². The van der Waals surface area contributed by atoms with Gasteiger partial charge in [0.25, 0.3) is 12.1 Å². The largest absolute Gasteiger partial charge is 0.427 e. The summed E-state index contributed by atoms with van der Waals surface area (Å²) in [7, 11) is 0. The summed E-state index contributed by atoms with van der Waals surface area (Å²) in [6, 6.07) is 23.8. The van der Waals surface area contributed by atoms with E-state index in [9.17, 15) is 9.59 Å². The maximum atomic E-state index is 12.7. The Morgan fingerprint density at radius 3 is 2.43 bits per heavy atom. The van der Waals surface area contributed by atoms with Gasteiger partial charge in [0.2, 0.25) is 0 Å². The van der Waals surface area contributed by atoms with E-state index in [4.69, 9.17) is 16.3 Å². The highest BCUT2D eigenvalue weighted by molar-refractivity contribution is 6.32. The van der Waals surface area contributed by atoms with Crippen LogP contribution in [0.5, 0.6) is 0 Å². The van der Waals surface area contributed by atoms with Gasteiger partial charge < -0.3 is 10.1 Å². The molecule has 3 aromatic carbocycles. The molecule has 148 valence electrons. The van der Waals surface area contributed by atoms with Crippen LogP contribution in [-0.4, -0.2) is 23.8 Å². The number of halogens is 1. The molecule has 1 atom stereocenters. The van der Waals surface area contributed by atoms with E-state index >= 15 is 0 Å². The van der Waals surface area contributed by atoms with Crippen LogP contribution < -0.4 is 5.32 Å². The van der Waals surface area contributed by atoms with Gasteiger partial charge in [0.15, 0.2) is 0 Å². The van der Waals surface area contributed by atoms with E-state index < -0.39 is 18.1 Å². The molecule has 0 bridgehead atoms. The monoisotopic (exact) mass is 416 g/mol. The normalized spacial score (nSPS) is 15.7. The second kappa shape index (κ2) is 8.76. The summed E-state index contributed by atoms with van der Waals surface area (Å²) in [4.78, 5) is 29.5. The number of fused-ring (bicyclic) bond motifs is 1. The summed E-state index contributed by atoms with van der Waals surface area (Å²) in [6.45, 7) is 0. The first kappa shape index (κ1) is 19.6. The highest BCUT2D eigenvalue weighted by atomic mass is 35.5. The summed E-state index contributed by atoms with van der Waals surface area (Å²) in [6.07, 6.45) is 1.56. The third kappa shape index (κ3) is 4.47. The van der Waals surface area contributed by atoms with Crippen LogP contribution in [0.3, 0.4) is 0 Å². The first-order chi connectivity index (χ1) is 14.6. The minimum absolute atomic E-state index is 0.507. The van der Waals surface area contributed by atoms with Crippen LogP contribution in [0.25, 0.3) is 6.08 Å². The lowest BCUT2D eigenvalue weighted by Gasteiger charge is -2.11. The molecule has 1 unspecified atom stereocenters. The van der Waals surface area contributed by atoms with Gasteiger partial charge in [0.1, 0.15) is 0 Å². The standard InChI is InChI=1S/C24H17ClN2O3/c25-18-12-13-20-19(15-18)22(17-9-5-2-6-10-17)27-24(23(29)26-20)30-21(28)14-11-16-7-3-1-4-8-16/h1-15,24H,(H,26,29)/b14-11+. The van der Waals surface area contributed by atoms with Gasteiger partial charge in [-0.05, 0) is 29.8 Å². The Hall–Kier alpha value is -3.70. The molecule has 0 aromatic heterocycles. The van der Waals surface area contributed by atoms with Crippen molar-refractivity contribution in [3.05, 3.63) is 107 Å². The SMILES string of the molecule is O=C(/C=C/c1ccccc1)OC1N=C(c2ccccc2)c2cc(Cl)ccc2NC1=O. The number of hydrogen-bond donors (Lipinski definition) is 1. The van der Waals surface area contributed by atoms with Crippen molar-refractivity contribution in [2.75, 3.05) is 5.32 Å². The van der Waals surface area contributed by atoms with Gasteiger partial charge >= 0.3 is 5.97 Å². The summed E-state index contributed by atoms with van der Waals surface area (Å²) in [5.74, 6) is -1.20. The number of benzene rings is 3. The lowest BCUT2D eigenvalue weighted by Crippen LogP contribution is -2.30. The molecule has 5 nitrogen and oxygen atoms in total. The van der Waals surface area contributed by atoms with Crippen molar-refractivity contribution < 1.29 is 14.3 Å². The van der Waals surface area contributed by atoms with Crippen molar-refractivity contribution in [1.82, 2.24) is 0 Å². The van der Waals surface area contributed by atoms with E-state index in [0.717, 1.165) is 11.1 Å². The number of aliphatic imine (C=N–C) groups is 1. The molecule has 1 amide bonds. The Kier molecular flexibility index (Phi) is 5.72. The Morgan fingerprint density at radius 2 is 1.70 bits per heavy atom. The van der Waals surface area contributed by atoms with Crippen LogP contribution in [0, 0.1) is 0 Å². The zero-order valence-corrected chi connectivity index (χ0v) is 16.5. The Morgan fingerprint density at radius 1 is 1.00 bits per heavy atom. The molecule has 6 heteroatoms. The van der Waals surface area contributed by atoms with Crippen LogP contribution in [0.15, 0.2) is 89.9 Å². The number of rotatable bonds is 4. The van der Waals surface area contributed by atoms with Gasteiger partial charge in [0.05, 0.1) is 11.4 Å². The first-order valence-electron chi connectivity index (χ1n) is 9.28. The predicted octanol–water partition coefficient (Wildman–Crippen LogP) is 4.71. The molecule has 3 aromatic rings. The van der Waals surface area contributed by atoms with Crippen molar-refractivity contribution in [3.63, 3.8) is 0 Å². The zero-order chi connectivity index (χ0) is 20.9. The highest BCUT2D eigenvalue weighted by Gasteiger charge is 2.28. The number of esters is 1. The first-order valence-corrected chi connectivity index (χ1v) is 9.66. The molecular weight excluding hydrogens is 400 g/mol. The zero-order valence-electron chi connectivity index (χ0n) is 15.8. The summed E-state index contributed by atoms with van der Waals surface area (Å²) in [5, 5.41) is 3.27. The molecular formula is C24H17ClN2O3. The van der Waals surface area contributed by atoms with E-state index in [2.05, 4.69) is 10.3 Å². The fourth-order valence-electron chi connectivity index (χ4n) is 3.04. The van der Waals surface area contributed by atoms with Crippen molar-refractivity contribution in [1.29, 1.82) is 0 Å². The molecule has 0 fully saturated rings. The lowest BCUT2D eigenvalue weighted by molar-refractivity contribution is -0.148. The number of nitrogens with zero attached hydrogens (tertiary/aromatic N) is 1.